The molecule has 1 aromatic rings. The van der Waals surface area contributed by atoms with E-state index in [1.54, 1.807) is 0 Å². The molecule has 0 nitrogen and oxygen atoms in total. The lowest BCUT2D eigenvalue weighted by molar-refractivity contribution is 0.294. The highest BCUT2D eigenvalue weighted by atomic mass is 79.9. The van der Waals surface area contributed by atoms with Crippen LogP contribution in [0.15, 0.2) is 16.8 Å². The summed E-state index contributed by atoms with van der Waals surface area (Å²) >= 11 is 5.65. The normalized spacial score (nSPS) is 33.1. The maximum absolute atomic E-state index is 3.83. The van der Waals surface area contributed by atoms with Crippen LogP contribution in [0.1, 0.15) is 31.7 Å². The molecule has 3 unspecified atom stereocenters. The highest BCUT2D eigenvalue weighted by Crippen LogP contribution is 2.35. The Balaban J connectivity index is 1.95. The number of hydrogen-bond acceptors (Lipinski definition) is 1. The maximum atomic E-state index is 3.83. The first-order chi connectivity index (χ1) is 6.75. The molecule has 1 fully saturated rings. The molecule has 1 heterocycles. The van der Waals surface area contributed by atoms with Crippen molar-refractivity contribution >= 4 is 27.3 Å². The summed E-state index contributed by atoms with van der Waals surface area (Å²) in [5, 5.41) is 4.48. The molecule has 0 spiro atoms. The Morgan fingerprint density at radius 1 is 1.50 bits per heavy atom. The monoisotopic (exact) mass is 272 g/mol. The summed E-state index contributed by atoms with van der Waals surface area (Å²) in [7, 11) is 0. The van der Waals surface area contributed by atoms with Crippen LogP contribution in [-0.4, -0.2) is 4.83 Å². The predicted molar refractivity (Wildman–Crippen MR) is 67.2 cm³/mol. The minimum absolute atomic E-state index is 0.749. The van der Waals surface area contributed by atoms with Gasteiger partial charge in [-0.25, -0.2) is 0 Å². The average molecular weight is 273 g/mol. The minimum atomic E-state index is 0.749. The third-order valence-corrected chi connectivity index (χ3v) is 5.17. The van der Waals surface area contributed by atoms with E-state index in [1.807, 2.05) is 11.3 Å². The Kier molecular flexibility index (Phi) is 3.67. The molecular weight excluding hydrogens is 256 g/mol. The summed E-state index contributed by atoms with van der Waals surface area (Å²) in [5.41, 5.74) is 1.53. The fourth-order valence-electron chi connectivity index (χ4n) is 2.38. The number of alkyl halides is 1. The SMILES string of the molecule is CC1CCC(Br)C(Cc2ccsc2)C1. The van der Waals surface area contributed by atoms with Crippen molar-refractivity contribution in [1.29, 1.82) is 0 Å². The van der Waals surface area contributed by atoms with Crippen LogP contribution in [0.5, 0.6) is 0 Å². The van der Waals surface area contributed by atoms with E-state index in [9.17, 15) is 0 Å². The highest BCUT2D eigenvalue weighted by Gasteiger charge is 2.26. The molecular formula is C12H17BrS. The topological polar surface area (TPSA) is 0 Å². The number of halogens is 1. The van der Waals surface area contributed by atoms with Gasteiger partial charge in [-0.05, 0) is 59.9 Å². The standard InChI is InChI=1S/C12H17BrS/c1-9-2-3-12(13)11(6-9)7-10-4-5-14-8-10/h4-5,8-9,11-12H,2-3,6-7H2,1H3. The molecule has 1 aromatic heterocycles. The van der Waals surface area contributed by atoms with E-state index >= 15 is 0 Å². The molecule has 0 radical (unpaired) electrons. The maximum Gasteiger partial charge on any atom is 0.0177 e. The Morgan fingerprint density at radius 2 is 2.36 bits per heavy atom. The molecule has 0 aliphatic heterocycles. The van der Waals surface area contributed by atoms with Crippen molar-refractivity contribution in [3.05, 3.63) is 22.4 Å². The van der Waals surface area contributed by atoms with Gasteiger partial charge in [-0.3, -0.25) is 0 Å². The molecule has 2 heteroatoms. The van der Waals surface area contributed by atoms with Gasteiger partial charge in [0.2, 0.25) is 0 Å². The van der Waals surface area contributed by atoms with Gasteiger partial charge < -0.3 is 0 Å². The van der Waals surface area contributed by atoms with Crippen LogP contribution in [0.3, 0.4) is 0 Å². The number of thiophene rings is 1. The van der Waals surface area contributed by atoms with E-state index in [1.165, 1.54) is 31.2 Å². The van der Waals surface area contributed by atoms with Crippen molar-refractivity contribution in [2.24, 2.45) is 11.8 Å². The minimum Gasteiger partial charge on any atom is -0.152 e. The van der Waals surface area contributed by atoms with Crippen molar-refractivity contribution in [3.63, 3.8) is 0 Å². The van der Waals surface area contributed by atoms with Crippen LogP contribution in [-0.2, 0) is 6.42 Å². The number of rotatable bonds is 2. The summed E-state index contributed by atoms with van der Waals surface area (Å²) in [6, 6.07) is 2.27. The van der Waals surface area contributed by atoms with E-state index in [-0.39, 0.29) is 0 Å². The zero-order valence-electron chi connectivity index (χ0n) is 8.58. The quantitative estimate of drug-likeness (QED) is 0.696. The first kappa shape index (κ1) is 10.7. The molecule has 14 heavy (non-hydrogen) atoms. The second kappa shape index (κ2) is 4.80. The van der Waals surface area contributed by atoms with Gasteiger partial charge in [0.15, 0.2) is 0 Å². The van der Waals surface area contributed by atoms with Crippen LogP contribution < -0.4 is 0 Å². The molecule has 0 amide bonds. The molecule has 0 bridgehead atoms. The fourth-order valence-corrected chi connectivity index (χ4v) is 3.73. The first-order valence-electron chi connectivity index (χ1n) is 5.41. The van der Waals surface area contributed by atoms with E-state index in [4.69, 9.17) is 0 Å². The second-order valence-electron chi connectivity index (χ2n) is 4.53. The Bertz CT molecular complexity index is 268. The molecule has 78 valence electrons. The van der Waals surface area contributed by atoms with Gasteiger partial charge in [0.1, 0.15) is 0 Å². The highest BCUT2D eigenvalue weighted by molar-refractivity contribution is 9.09. The van der Waals surface area contributed by atoms with Crippen molar-refractivity contribution in [2.75, 3.05) is 0 Å². The number of hydrogen-bond donors (Lipinski definition) is 0. The Labute approximate surface area is 98.9 Å². The molecule has 0 N–H and O–H groups in total. The van der Waals surface area contributed by atoms with Gasteiger partial charge in [-0.1, -0.05) is 22.9 Å². The van der Waals surface area contributed by atoms with Gasteiger partial charge >= 0.3 is 0 Å². The van der Waals surface area contributed by atoms with E-state index in [0.29, 0.717) is 0 Å². The lowest BCUT2D eigenvalue weighted by Gasteiger charge is -2.31. The zero-order chi connectivity index (χ0) is 9.97. The smallest absolute Gasteiger partial charge is 0.0177 e. The lowest BCUT2D eigenvalue weighted by Crippen LogP contribution is -2.25. The summed E-state index contributed by atoms with van der Waals surface area (Å²) in [5.74, 6) is 1.78. The fraction of sp³-hybridized carbons (Fsp3) is 0.667. The summed E-state index contributed by atoms with van der Waals surface area (Å²) in [4.78, 5) is 0.749. The van der Waals surface area contributed by atoms with Crippen LogP contribution in [0, 0.1) is 11.8 Å². The molecule has 2 rings (SSSR count). The van der Waals surface area contributed by atoms with Crippen molar-refractivity contribution in [3.8, 4) is 0 Å². The van der Waals surface area contributed by atoms with Gasteiger partial charge in [-0.2, -0.15) is 11.3 Å². The Morgan fingerprint density at radius 3 is 3.07 bits per heavy atom. The summed E-state index contributed by atoms with van der Waals surface area (Å²) < 4.78 is 0. The van der Waals surface area contributed by atoms with Crippen LogP contribution >= 0.6 is 27.3 Å². The van der Waals surface area contributed by atoms with Gasteiger partial charge in [-0.15, -0.1) is 0 Å². The van der Waals surface area contributed by atoms with Gasteiger partial charge in [0, 0.05) is 4.83 Å². The van der Waals surface area contributed by atoms with Crippen molar-refractivity contribution < 1.29 is 0 Å². The van der Waals surface area contributed by atoms with Gasteiger partial charge in [0.25, 0.3) is 0 Å². The third-order valence-electron chi connectivity index (χ3n) is 3.23. The third kappa shape index (κ3) is 2.60. The Hall–Kier alpha value is 0.180. The molecule has 3 atom stereocenters. The molecule has 1 aliphatic rings. The summed E-state index contributed by atoms with van der Waals surface area (Å²) in [6.45, 7) is 2.39. The van der Waals surface area contributed by atoms with Crippen LogP contribution in [0.2, 0.25) is 0 Å². The lowest BCUT2D eigenvalue weighted by atomic mass is 9.80. The van der Waals surface area contributed by atoms with Crippen molar-refractivity contribution in [2.45, 2.75) is 37.4 Å². The molecule has 1 saturated carbocycles. The first-order valence-corrected chi connectivity index (χ1v) is 7.26. The van der Waals surface area contributed by atoms with E-state index < -0.39 is 0 Å². The molecule has 1 aliphatic carbocycles. The molecule has 0 saturated heterocycles. The zero-order valence-corrected chi connectivity index (χ0v) is 11.0. The van der Waals surface area contributed by atoms with E-state index in [0.717, 1.165) is 16.7 Å². The molecule has 0 aromatic carbocycles. The van der Waals surface area contributed by atoms with Crippen LogP contribution in [0.4, 0.5) is 0 Å². The van der Waals surface area contributed by atoms with Crippen molar-refractivity contribution in [1.82, 2.24) is 0 Å². The van der Waals surface area contributed by atoms with Crippen LogP contribution in [0.25, 0.3) is 0 Å². The van der Waals surface area contributed by atoms with Gasteiger partial charge in [0.05, 0.1) is 0 Å². The van der Waals surface area contributed by atoms with E-state index in [2.05, 4.69) is 39.7 Å². The predicted octanol–water partition coefficient (Wildman–Crippen LogP) is 4.49. The average Bonchev–Trinajstić information content (AvgIpc) is 2.64. The largest absolute Gasteiger partial charge is 0.152 e. The summed E-state index contributed by atoms with van der Waals surface area (Å²) in [6.07, 6.45) is 5.42. The second-order valence-corrected chi connectivity index (χ2v) is 6.49.